The van der Waals surface area contributed by atoms with E-state index >= 15 is 0 Å². The van der Waals surface area contributed by atoms with Crippen molar-refractivity contribution >= 4 is 22.4 Å². The van der Waals surface area contributed by atoms with Gasteiger partial charge in [0.05, 0.1) is 10.5 Å². The first-order valence-corrected chi connectivity index (χ1v) is 8.60. The van der Waals surface area contributed by atoms with Gasteiger partial charge in [0.25, 0.3) is 0 Å². The highest BCUT2D eigenvalue weighted by molar-refractivity contribution is 7.89. The van der Waals surface area contributed by atoms with Crippen LogP contribution in [0.2, 0.25) is 0 Å². The minimum absolute atomic E-state index is 0. The third kappa shape index (κ3) is 4.38. The van der Waals surface area contributed by atoms with Crippen LogP contribution in [-0.2, 0) is 16.2 Å². The molecule has 138 valence electrons. The summed E-state index contributed by atoms with van der Waals surface area (Å²) in [4.78, 5) is -0.478. The quantitative estimate of drug-likeness (QED) is 0.807. The minimum Gasteiger partial charge on any atom is -0.328 e. The highest BCUT2D eigenvalue weighted by atomic mass is 35.5. The van der Waals surface area contributed by atoms with Gasteiger partial charge >= 0.3 is 6.18 Å². The van der Waals surface area contributed by atoms with Gasteiger partial charge in [-0.15, -0.1) is 12.4 Å². The molecular weight excluding hydrogens is 372 g/mol. The number of halogens is 5. The second kappa shape index (κ2) is 7.55. The average Bonchev–Trinajstić information content (AvgIpc) is 2.45. The summed E-state index contributed by atoms with van der Waals surface area (Å²) in [5, 5.41) is 0. The van der Waals surface area contributed by atoms with Crippen LogP contribution in [0.4, 0.5) is 17.6 Å². The third-order valence-corrected chi connectivity index (χ3v) is 5.91. The van der Waals surface area contributed by atoms with Crippen molar-refractivity contribution in [3.05, 3.63) is 29.6 Å². The number of benzene rings is 1. The van der Waals surface area contributed by atoms with E-state index in [1.54, 1.807) is 6.92 Å². The van der Waals surface area contributed by atoms with Crippen LogP contribution in [0.15, 0.2) is 23.1 Å². The van der Waals surface area contributed by atoms with Crippen molar-refractivity contribution in [3.63, 3.8) is 0 Å². The van der Waals surface area contributed by atoms with Crippen molar-refractivity contribution < 1.29 is 26.0 Å². The number of alkyl halides is 3. The lowest BCUT2D eigenvalue weighted by atomic mass is 9.93. The zero-order chi connectivity index (χ0) is 17.4. The van der Waals surface area contributed by atoms with Crippen LogP contribution < -0.4 is 5.73 Å². The number of rotatable bonds is 3. The van der Waals surface area contributed by atoms with E-state index in [2.05, 4.69) is 0 Å². The van der Waals surface area contributed by atoms with E-state index in [4.69, 9.17) is 5.73 Å². The zero-order valence-electron chi connectivity index (χ0n) is 12.9. The van der Waals surface area contributed by atoms with Crippen LogP contribution in [-0.4, -0.2) is 31.9 Å². The van der Waals surface area contributed by atoms with E-state index in [9.17, 15) is 26.0 Å². The van der Waals surface area contributed by atoms with Crippen LogP contribution in [0, 0.1) is 11.7 Å². The predicted octanol–water partition coefficient (Wildman–Crippen LogP) is 3.01. The Morgan fingerprint density at radius 3 is 2.46 bits per heavy atom. The molecule has 1 aromatic carbocycles. The summed E-state index contributed by atoms with van der Waals surface area (Å²) in [5.74, 6) is -1.63. The Bertz CT molecular complexity index is 680. The molecule has 2 N–H and O–H groups in total. The van der Waals surface area contributed by atoms with Gasteiger partial charge in [-0.3, -0.25) is 0 Å². The van der Waals surface area contributed by atoms with Gasteiger partial charge in [-0.1, -0.05) is 0 Å². The largest absolute Gasteiger partial charge is 0.419 e. The molecule has 2 unspecified atom stereocenters. The second-order valence-electron chi connectivity index (χ2n) is 5.76. The topological polar surface area (TPSA) is 63.4 Å². The number of piperidine rings is 1. The Morgan fingerprint density at radius 1 is 1.33 bits per heavy atom. The van der Waals surface area contributed by atoms with Crippen LogP contribution in [0.25, 0.3) is 0 Å². The summed E-state index contributed by atoms with van der Waals surface area (Å²) in [6.45, 7) is 2.20. The molecule has 1 aliphatic heterocycles. The molecule has 0 aromatic heterocycles. The summed E-state index contributed by atoms with van der Waals surface area (Å²) in [6, 6.07) is 1.47. The van der Waals surface area contributed by atoms with E-state index < -0.39 is 32.5 Å². The summed E-state index contributed by atoms with van der Waals surface area (Å²) >= 11 is 0. The number of nitrogens with two attached hydrogens (primary N) is 1. The van der Waals surface area contributed by atoms with Crippen molar-refractivity contribution in [1.82, 2.24) is 4.31 Å². The van der Waals surface area contributed by atoms with Crippen LogP contribution in [0.1, 0.15) is 25.3 Å². The first-order chi connectivity index (χ1) is 10.5. The van der Waals surface area contributed by atoms with E-state index in [1.165, 1.54) is 0 Å². The first-order valence-electron chi connectivity index (χ1n) is 7.16. The Balaban J connectivity index is 0.00000288. The fourth-order valence-electron chi connectivity index (χ4n) is 2.66. The Labute approximate surface area is 144 Å². The van der Waals surface area contributed by atoms with Crippen LogP contribution >= 0.6 is 12.4 Å². The van der Waals surface area contributed by atoms with Gasteiger partial charge in [0.2, 0.25) is 10.0 Å². The maximum absolute atomic E-state index is 13.6. The summed E-state index contributed by atoms with van der Waals surface area (Å²) in [7, 11) is -4.04. The Hall–Kier alpha value is -0.900. The Morgan fingerprint density at radius 2 is 1.96 bits per heavy atom. The molecular formula is C14H19ClF4N2O2S. The molecule has 10 heteroatoms. The highest BCUT2D eigenvalue weighted by Crippen LogP contribution is 2.33. The maximum atomic E-state index is 13.6. The molecule has 1 saturated heterocycles. The molecule has 0 spiro atoms. The van der Waals surface area contributed by atoms with E-state index in [0.717, 1.165) is 16.8 Å². The number of sulfonamides is 1. The van der Waals surface area contributed by atoms with Gasteiger partial charge in [0.1, 0.15) is 5.82 Å². The summed E-state index contributed by atoms with van der Waals surface area (Å²) in [5.41, 5.74) is 4.31. The first kappa shape index (κ1) is 21.1. The number of hydrogen-bond donors (Lipinski definition) is 1. The molecule has 1 fully saturated rings. The zero-order valence-corrected chi connectivity index (χ0v) is 14.5. The molecule has 0 bridgehead atoms. The van der Waals surface area contributed by atoms with Gasteiger partial charge in [-0.25, -0.2) is 12.8 Å². The lowest BCUT2D eigenvalue weighted by Crippen LogP contribution is -2.44. The van der Waals surface area contributed by atoms with Crippen LogP contribution in [0.3, 0.4) is 0 Å². The van der Waals surface area contributed by atoms with Crippen molar-refractivity contribution in [1.29, 1.82) is 0 Å². The van der Waals surface area contributed by atoms with Crippen molar-refractivity contribution in [2.75, 3.05) is 13.1 Å². The monoisotopic (exact) mass is 390 g/mol. The molecule has 0 saturated carbocycles. The maximum Gasteiger partial charge on any atom is 0.419 e. The van der Waals surface area contributed by atoms with Crippen LogP contribution in [0.5, 0.6) is 0 Å². The Kier molecular flexibility index (Phi) is 6.65. The van der Waals surface area contributed by atoms with Crippen molar-refractivity contribution in [2.45, 2.75) is 36.9 Å². The molecule has 1 aromatic rings. The lowest BCUT2D eigenvalue weighted by molar-refractivity contribution is -0.140. The minimum atomic E-state index is -4.86. The summed E-state index contributed by atoms with van der Waals surface area (Å²) in [6.07, 6.45) is -3.48. The normalized spacial score (nSPS) is 21.2. The fraction of sp³-hybridized carbons (Fsp3) is 0.571. The number of nitrogens with zero attached hydrogens (tertiary/aromatic N) is 1. The average molecular weight is 391 g/mol. The van der Waals surface area contributed by atoms with Gasteiger partial charge in [0.15, 0.2) is 0 Å². The summed E-state index contributed by atoms with van der Waals surface area (Å²) < 4.78 is 77.5. The third-order valence-electron chi connectivity index (χ3n) is 4.05. The standard InChI is InChI=1S/C14H18F4N2O2S.ClH/c1-9(19)10-3-2-6-20(8-10)23(21,22)11-4-5-12(13(15)7-11)14(16,17)18;/h4-5,7,9-10H,2-3,6,8,19H2,1H3;1H. The van der Waals surface area contributed by atoms with Gasteiger partial charge < -0.3 is 5.73 Å². The molecule has 2 rings (SSSR count). The number of hydrogen-bond acceptors (Lipinski definition) is 3. The van der Waals surface area contributed by atoms with Gasteiger partial charge in [-0.05, 0) is 43.9 Å². The van der Waals surface area contributed by atoms with E-state index in [1.807, 2.05) is 0 Å². The molecule has 1 heterocycles. The molecule has 1 aliphatic rings. The lowest BCUT2D eigenvalue weighted by Gasteiger charge is -2.33. The highest BCUT2D eigenvalue weighted by Gasteiger charge is 2.36. The molecule has 24 heavy (non-hydrogen) atoms. The second-order valence-corrected chi connectivity index (χ2v) is 7.70. The van der Waals surface area contributed by atoms with Gasteiger partial charge in [0, 0.05) is 19.1 Å². The smallest absolute Gasteiger partial charge is 0.328 e. The van der Waals surface area contributed by atoms with E-state index in [0.29, 0.717) is 18.6 Å². The SMILES string of the molecule is CC(N)C1CCCN(S(=O)(=O)c2ccc(C(F)(F)F)c(F)c2)C1.Cl. The predicted molar refractivity (Wildman–Crippen MR) is 83.8 cm³/mol. The van der Waals surface area contributed by atoms with Gasteiger partial charge in [-0.2, -0.15) is 17.5 Å². The fourth-order valence-corrected chi connectivity index (χ4v) is 4.20. The molecule has 0 aliphatic carbocycles. The molecule has 0 amide bonds. The molecule has 4 nitrogen and oxygen atoms in total. The van der Waals surface area contributed by atoms with E-state index in [-0.39, 0.29) is 37.5 Å². The van der Waals surface area contributed by atoms with Crippen molar-refractivity contribution in [2.24, 2.45) is 11.7 Å². The van der Waals surface area contributed by atoms with Crippen molar-refractivity contribution in [3.8, 4) is 0 Å². The molecule has 2 atom stereocenters. The molecule has 0 radical (unpaired) electrons.